The van der Waals surface area contributed by atoms with E-state index in [0.717, 1.165) is 28.6 Å². The molecule has 7 nitrogen and oxygen atoms in total. The van der Waals surface area contributed by atoms with E-state index >= 15 is 0 Å². The Hall–Kier alpha value is -3.13. The number of ether oxygens (including phenoxy) is 2. The summed E-state index contributed by atoms with van der Waals surface area (Å²) in [4.78, 5) is 26.1. The molecule has 8 heteroatoms. The van der Waals surface area contributed by atoms with E-state index in [9.17, 15) is 9.59 Å². The number of hydrogen-bond acceptors (Lipinski definition) is 5. The van der Waals surface area contributed by atoms with Crippen LogP contribution in [-0.2, 0) is 11.3 Å². The lowest BCUT2D eigenvalue weighted by Crippen LogP contribution is -2.33. The van der Waals surface area contributed by atoms with Crippen LogP contribution in [0.4, 0.5) is 0 Å². The zero-order valence-electron chi connectivity index (χ0n) is 19.6. The van der Waals surface area contributed by atoms with Crippen molar-refractivity contribution >= 4 is 34.5 Å². The van der Waals surface area contributed by atoms with E-state index in [1.54, 1.807) is 44.2 Å². The summed E-state index contributed by atoms with van der Waals surface area (Å²) in [6, 6.07) is 13.6. The standard InChI is InChI=1S/C26H31N3O4S/c1-32-22-12-11-18(15-23(22)33-2)26(31)27-13-14-29-16-24(20-9-5-6-10-21(20)29)34-17-25(30)28-19-7-3-4-8-19/h5-6,9-12,15-16,19H,3-4,7-8,13-14,17H2,1-2H3,(H,27,31)(H,28,30). The minimum atomic E-state index is -0.171. The van der Waals surface area contributed by atoms with Crippen LogP contribution in [0, 0.1) is 0 Å². The summed E-state index contributed by atoms with van der Waals surface area (Å²) in [6.07, 6.45) is 6.65. The van der Waals surface area contributed by atoms with Crippen LogP contribution in [-0.4, -0.2) is 48.9 Å². The number of fused-ring (bicyclic) bond motifs is 1. The topological polar surface area (TPSA) is 81.6 Å². The number of aromatic nitrogens is 1. The molecule has 2 N–H and O–H groups in total. The van der Waals surface area contributed by atoms with E-state index in [4.69, 9.17) is 9.47 Å². The van der Waals surface area contributed by atoms with Gasteiger partial charge in [0.15, 0.2) is 11.5 Å². The van der Waals surface area contributed by atoms with Crippen molar-refractivity contribution in [1.82, 2.24) is 15.2 Å². The number of thioether (sulfide) groups is 1. The highest BCUT2D eigenvalue weighted by Crippen LogP contribution is 2.30. The summed E-state index contributed by atoms with van der Waals surface area (Å²) >= 11 is 1.56. The molecule has 2 amide bonds. The van der Waals surface area contributed by atoms with Crippen molar-refractivity contribution in [3.63, 3.8) is 0 Å². The number of nitrogens with one attached hydrogen (secondary N) is 2. The molecule has 1 saturated carbocycles. The highest BCUT2D eigenvalue weighted by Gasteiger charge is 2.18. The van der Waals surface area contributed by atoms with Crippen molar-refractivity contribution in [2.75, 3.05) is 26.5 Å². The Morgan fingerprint density at radius 3 is 2.59 bits per heavy atom. The number of hydrogen-bond donors (Lipinski definition) is 2. The van der Waals surface area contributed by atoms with Crippen LogP contribution in [0.5, 0.6) is 11.5 Å². The first-order chi connectivity index (χ1) is 16.6. The van der Waals surface area contributed by atoms with Crippen molar-refractivity contribution in [2.45, 2.75) is 43.2 Å². The van der Waals surface area contributed by atoms with E-state index < -0.39 is 0 Å². The third kappa shape index (κ3) is 5.67. The molecule has 1 aromatic heterocycles. The number of benzene rings is 2. The predicted octanol–water partition coefficient (Wildman–Crippen LogP) is 4.24. The minimum Gasteiger partial charge on any atom is -0.493 e. The molecule has 0 unspecified atom stereocenters. The normalized spacial score (nSPS) is 13.7. The molecular formula is C26H31N3O4S. The lowest BCUT2D eigenvalue weighted by Gasteiger charge is -2.11. The van der Waals surface area contributed by atoms with Gasteiger partial charge < -0.3 is 24.7 Å². The summed E-state index contributed by atoms with van der Waals surface area (Å²) < 4.78 is 12.6. The summed E-state index contributed by atoms with van der Waals surface area (Å²) in [5.74, 6) is 1.43. The lowest BCUT2D eigenvalue weighted by atomic mass is 10.2. The molecule has 0 radical (unpaired) electrons. The maximum atomic E-state index is 12.6. The molecule has 180 valence electrons. The zero-order chi connectivity index (χ0) is 23.9. The van der Waals surface area contributed by atoms with Crippen LogP contribution in [0.15, 0.2) is 53.6 Å². The molecule has 1 fully saturated rings. The SMILES string of the molecule is COc1ccc(C(=O)NCCn2cc(SCC(=O)NC3CCCC3)c3ccccc32)cc1OC. The Balaban J connectivity index is 1.36. The van der Waals surface area contributed by atoms with Gasteiger partial charge in [0.2, 0.25) is 5.91 Å². The summed E-state index contributed by atoms with van der Waals surface area (Å²) in [5.41, 5.74) is 1.60. The second-order valence-electron chi connectivity index (χ2n) is 8.37. The van der Waals surface area contributed by atoms with E-state index in [-0.39, 0.29) is 11.8 Å². The quantitative estimate of drug-likeness (QED) is 0.424. The third-order valence-corrected chi connectivity index (χ3v) is 7.16. The Kier molecular flexibility index (Phi) is 8.00. The fourth-order valence-electron chi connectivity index (χ4n) is 4.37. The Morgan fingerprint density at radius 1 is 1.06 bits per heavy atom. The van der Waals surface area contributed by atoms with Gasteiger partial charge in [-0.2, -0.15) is 0 Å². The molecule has 0 atom stereocenters. The molecule has 4 rings (SSSR count). The van der Waals surface area contributed by atoms with Gasteiger partial charge >= 0.3 is 0 Å². The fraction of sp³-hybridized carbons (Fsp3) is 0.385. The van der Waals surface area contributed by atoms with Crippen LogP contribution in [0.2, 0.25) is 0 Å². The van der Waals surface area contributed by atoms with E-state index in [0.29, 0.717) is 41.9 Å². The van der Waals surface area contributed by atoms with Crippen molar-refractivity contribution in [2.24, 2.45) is 0 Å². The van der Waals surface area contributed by atoms with Gasteiger partial charge in [-0.05, 0) is 37.1 Å². The molecule has 0 aliphatic heterocycles. The first kappa shape index (κ1) is 24.0. The van der Waals surface area contributed by atoms with Gasteiger partial charge in [-0.1, -0.05) is 31.0 Å². The second-order valence-corrected chi connectivity index (χ2v) is 9.38. The molecule has 1 aliphatic carbocycles. The van der Waals surface area contributed by atoms with E-state index in [1.807, 2.05) is 12.1 Å². The van der Waals surface area contributed by atoms with Gasteiger partial charge in [0.05, 0.1) is 20.0 Å². The maximum absolute atomic E-state index is 12.6. The molecule has 2 aromatic carbocycles. The van der Waals surface area contributed by atoms with Gasteiger partial charge in [-0.25, -0.2) is 0 Å². The largest absolute Gasteiger partial charge is 0.493 e. The minimum absolute atomic E-state index is 0.0934. The summed E-state index contributed by atoms with van der Waals surface area (Å²) in [7, 11) is 3.11. The van der Waals surface area contributed by atoms with E-state index in [2.05, 4.69) is 33.5 Å². The predicted molar refractivity (Wildman–Crippen MR) is 135 cm³/mol. The van der Waals surface area contributed by atoms with Gasteiger partial charge in [0.25, 0.3) is 5.91 Å². The monoisotopic (exact) mass is 481 g/mol. The highest BCUT2D eigenvalue weighted by molar-refractivity contribution is 8.00. The molecule has 34 heavy (non-hydrogen) atoms. The zero-order valence-corrected chi connectivity index (χ0v) is 20.5. The number of para-hydroxylation sites is 1. The molecular weight excluding hydrogens is 450 g/mol. The maximum Gasteiger partial charge on any atom is 0.251 e. The second kappa shape index (κ2) is 11.3. The van der Waals surface area contributed by atoms with Crippen LogP contribution in [0.25, 0.3) is 10.9 Å². The highest BCUT2D eigenvalue weighted by atomic mass is 32.2. The first-order valence-corrected chi connectivity index (χ1v) is 12.6. The molecule has 0 spiro atoms. The van der Waals surface area contributed by atoms with Crippen molar-refractivity contribution in [3.8, 4) is 11.5 Å². The Bertz CT molecular complexity index is 1150. The summed E-state index contributed by atoms with van der Waals surface area (Å²) in [5, 5.41) is 7.24. The number of carbonyl (C=O) groups excluding carboxylic acids is 2. The Morgan fingerprint density at radius 2 is 1.82 bits per heavy atom. The molecule has 3 aromatic rings. The van der Waals surface area contributed by atoms with Crippen molar-refractivity contribution in [1.29, 1.82) is 0 Å². The number of carbonyl (C=O) groups is 2. The third-order valence-electron chi connectivity index (χ3n) is 6.12. The van der Waals surface area contributed by atoms with Gasteiger partial charge in [-0.15, -0.1) is 11.8 Å². The fourth-order valence-corrected chi connectivity index (χ4v) is 5.27. The van der Waals surface area contributed by atoms with Crippen LogP contribution >= 0.6 is 11.8 Å². The van der Waals surface area contributed by atoms with Crippen molar-refractivity contribution in [3.05, 3.63) is 54.2 Å². The molecule has 0 saturated heterocycles. The molecule has 1 heterocycles. The number of amides is 2. The van der Waals surface area contributed by atoms with Crippen molar-refractivity contribution < 1.29 is 19.1 Å². The van der Waals surface area contributed by atoms with E-state index in [1.165, 1.54) is 12.8 Å². The smallest absolute Gasteiger partial charge is 0.251 e. The average Bonchev–Trinajstić information content (AvgIpc) is 3.50. The lowest BCUT2D eigenvalue weighted by molar-refractivity contribution is -0.119. The van der Waals surface area contributed by atoms with Crippen LogP contribution in [0.1, 0.15) is 36.0 Å². The molecule has 1 aliphatic rings. The number of nitrogens with zero attached hydrogens (tertiary/aromatic N) is 1. The Labute approximate surface area is 204 Å². The summed E-state index contributed by atoms with van der Waals surface area (Å²) in [6.45, 7) is 1.09. The average molecular weight is 482 g/mol. The van der Waals surface area contributed by atoms with Gasteiger partial charge in [-0.3, -0.25) is 9.59 Å². The van der Waals surface area contributed by atoms with Crippen LogP contribution in [0.3, 0.4) is 0 Å². The number of methoxy groups -OCH3 is 2. The van der Waals surface area contributed by atoms with Gasteiger partial charge in [0.1, 0.15) is 0 Å². The number of rotatable bonds is 10. The van der Waals surface area contributed by atoms with Gasteiger partial charge in [0, 0.05) is 46.7 Å². The molecule has 0 bridgehead atoms. The first-order valence-electron chi connectivity index (χ1n) is 11.6. The van der Waals surface area contributed by atoms with Crippen LogP contribution < -0.4 is 20.1 Å².